The third-order valence-electron chi connectivity index (χ3n) is 3.80. The van der Waals surface area contributed by atoms with Crippen molar-refractivity contribution in [2.24, 2.45) is 11.7 Å². The van der Waals surface area contributed by atoms with Crippen LogP contribution in [0.4, 0.5) is 11.6 Å². The van der Waals surface area contributed by atoms with Gasteiger partial charge in [0.05, 0.1) is 12.1 Å². The fraction of sp³-hybridized carbons (Fsp3) is 0.500. The monoisotopic (exact) mass is 288 g/mol. The number of nitrogens with one attached hydrogen (secondary N) is 1. The number of fused-ring (bicyclic) bond motifs is 1. The van der Waals surface area contributed by atoms with Gasteiger partial charge in [-0.25, -0.2) is 9.97 Å². The van der Waals surface area contributed by atoms with E-state index < -0.39 is 0 Å². The van der Waals surface area contributed by atoms with E-state index >= 15 is 0 Å². The van der Waals surface area contributed by atoms with Gasteiger partial charge in [-0.1, -0.05) is 6.92 Å². The topological polar surface area (TPSA) is 88.5 Å². The average Bonchev–Trinajstić information content (AvgIpc) is 3.12. The van der Waals surface area contributed by atoms with Crippen molar-refractivity contribution in [3.63, 3.8) is 0 Å². The van der Waals surface area contributed by atoms with Gasteiger partial charge in [-0.15, -0.1) is 0 Å². The molecule has 21 heavy (non-hydrogen) atoms. The summed E-state index contributed by atoms with van der Waals surface area (Å²) in [5.41, 5.74) is 6.21. The third-order valence-corrected chi connectivity index (χ3v) is 3.80. The van der Waals surface area contributed by atoms with Gasteiger partial charge in [-0.05, 0) is 12.8 Å². The van der Waals surface area contributed by atoms with Crippen molar-refractivity contribution in [2.45, 2.75) is 19.8 Å². The van der Waals surface area contributed by atoms with Crippen LogP contribution in [-0.2, 0) is 4.79 Å². The molecule has 1 atom stereocenters. The molecular weight excluding hydrogens is 268 g/mol. The molecule has 7 heteroatoms. The lowest BCUT2D eigenvalue weighted by Crippen LogP contribution is -2.28. The Labute approximate surface area is 123 Å². The number of hydrogen-bond acceptors (Lipinski definition) is 5. The zero-order chi connectivity index (χ0) is 14.8. The standard InChI is InChI=1S/C14H20N6O/c1-2-4-16-11-9-20-7-5-17-13(20)14(18-11)19-6-3-10(8-19)12(15)21/h5,7,9-10,16H,2-4,6,8H2,1H3,(H2,15,21). The molecule has 112 valence electrons. The summed E-state index contributed by atoms with van der Waals surface area (Å²) >= 11 is 0. The first-order valence-corrected chi connectivity index (χ1v) is 7.31. The molecule has 2 aromatic heterocycles. The van der Waals surface area contributed by atoms with Gasteiger partial charge in [0, 0.05) is 32.0 Å². The van der Waals surface area contributed by atoms with Crippen LogP contribution in [0.3, 0.4) is 0 Å². The highest BCUT2D eigenvalue weighted by atomic mass is 16.1. The van der Waals surface area contributed by atoms with Crippen molar-refractivity contribution in [3.8, 4) is 0 Å². The number of imidazole rings is 1. The number of primary amides is 1. The second-order valence-electron chi connectivity index (χ2n) is 5.37. The maximum atomic E-state index is 11.3. The van der Waals surface area contributed by atoms with E-state index in [1.54, 1.807) is 6.20 Å². The van der Waals surface area contributed by atoms with E-state index in [0.717, 1.165) is 43.2 Å². The maximum Gasteiger partial charge on any atom is 0.222 e. The van der Waals surface area contributed by atoms with Gasteiger partial charge in [0.2, 0.25) is 5.91 Å². The number of aromatic nitrogens is 3. The van der Waals surface area contributed by atoms with Gasteiger partial charge >= 0.3 is 0 Å². The molecule has 0 radical (unpaired) electrons. The highest BCUT2D eigenvalue weighted by Crippen LogP contribution is 2.26. The summed E-state index contributed by atoms with van der Waals surface area (Å²) in [6, 6.07) is 0. The SMILES string of the molecule is CCCNc1cn2ccnc2c(N2CCC(C(N)=O)C2)n1. The fourth-order valence-electron chi connectivity index (χ4n) is 2.65. The van der Waals surface area contributed by atoms with Gasteiger partial charge < -0.3 is 20.4 Å². The van der Waals surface area contributed by atoms with Crippen molar-refractivity contribution in [2.75, 3.05) is 29.9 Å². The lowest BCUT2D eigenvalue weighted by molar-refractivity contribution is -0.121. The van der Waals surface area contributed by atoms with E-state index in [4.69, 9.17) is 5.73 Å². The van der Waals surface area contributed by atoms with Crippen LogP contribution in [0.1, 0.15) is 19.8 Å². The quantitative estimate of drug-likeness (QED) is 0.852. The number of anilines is 2. The lowest BCUT2D eigenvalue weighted by Gasteiger charge is -2.19. The molecular formula is C14H20N6O. The Bertz CT molecular complexity index is 652. The minimum absolute atomic E-state index is 0.103. The first kappa shape index (κ1) is 13.7. The Balaban J connectivity index is 1.93. The minimum Gasteiger partial charge on any atom is -0.369 e. The minimum atomic E-state index is -0.239. The molecule has 0 aliphatic carbocycles. The Morgan fingerprint density at radius 2 is 2.43 bits per heavy atom. The van der Waals surface area contributed by atoms with Crippen LogP contribution >= 0.6 is 0 Å². The normalized spacial score (nSPS) is 18.3. The molecule has 1 fully saturated rings. The Morgan fingerprint density at radius 1 is 1.57 bits per heavy atom. The maximum absolute atomic E-state index is 11.3. The first-order valence-electron chi connectivity index (χ1n) is 7.31. The van der Waals surface area contributed by atoms with Crippen molar-refractivity contribution in [3.05, 3.63) is 18.6 Å². The molecule has 3 heterocycles. The van der Waals surface area contributed by atoms with Crippen LogP contribution in [0.15, 0.2) is 18.6 Å². The second-order valence-corrected chi connectivity index (χ2v) is 5.37. The molecule has 7 nitrogen and oxygen atoms in total. The van der Waals surface area contributed by atoms with Crippen LogP contribution in [-0.4, -0.2) is 39.9 Å². The molecule has 1 aliphatic rings. The van der Waals surface area contributed by atoms with Crippen LogP contribution in [0.5, 0.6) is 0 Å². The number of carbonyl (C=O) groups excluding carboxylic acids is 1. The predicted molar refractivity (Wildman–Crippen MR) is 81.3 cm³/mol. The third kappa shape index (κ3) is 2.63. The Kier molecular flexibility index (Phi) is 3.64. The molecule has 0 aromatic carbocycles. The first-order chi connectivity index (χ1) is 10.2. The fourth-order valence-corrected chi connectivity index (χ4v) is 2.65. The van der Waals surface area contributed by atoms with Crippen molar-refractivity contribution < 1.29 is 4.79 Å². The number of nitrogens with two attached hydrogens (primary N) is 1. The van der Waals surface area contributed by atoms with Crippen molar-refractivity contribution in [1.82, 2.24) is 14.4 Å². The van der Waals surface area contributed by atoms with Crippen molar-refractivity contribution >= 4 is 23.2 Å². The second kappa shape index (κ2) is 5.59. The number of rotatable bonds is 5. The van der Waals surface area contributed by atoms with E-state index in [0.29, 0.717) is 6.54 Å². The van der Waals surface area contributed by atoms with Gasteiger partial charge in [-0.3, -0.25) is 4.79 Å². The number of carbonyl (C=O) groups is 1. The summed E-state index contributed by atoms with van der Waals surface area (Å²) in [6.45, 7) is 4.38. The molecule has 1 saturated heterocycles. The summed E-state index contributed by atoms with van der Waals surface area (Å²) in [7, 11) is 0. The molecule has 0 saturated carbocycles. The predicted octanol–water partition coefficient (Wildman–Crippen LogP) is 0.863. The molecule has 1 unspecified atom stereocenters. The number of hydrogen-bond donors (Lipinski definition) is 2. The van der Waals surface area contributed by atoms with E-state index in [9.17, 15) is 4.79 Å². The van der Waals surface area contributed by atoms with E-state index in [2.05, 4.69) is 27.1 Å². The number of amides is 1. The summed E-state index contributed by atoms with van der Waals surface area (Å²) in [4.78, 5) is 22.5. The van der Waals surface area contributed by atoms with Gasteiger partial charge in [0.25, 0.3) is 0 Å². The zero-order valence-electron chi connectivity index (χ0n) is 12.1. The summed E-state index contributed by atoms with van der Waals surface area (Å²) < 4.78 is 1.96. The molecule has 2 aromatic rings. The zero-order valence-corrected chi connectivity index (χ0v) is 12.1. The van der Waals surface area contributed by atoms with Crippen molar-refractivity contribution in [1.29, 1.82) is 0 Å². The smallest absolute Gasteiger partial charge is 0.222 e. The van der Waals surface area contributed by atoms with Crippen LogP contribution < -0.4 is 16.0 Å². The van der Waals surface area contributed by atoms with Crippen LogP contribution in [0.25, 0.3) is 5.65 Å². The summed E-state index contributed by atoms with van der Waals surface area (Å²) in [6.07, 6.45) is 7.40. The summed E-state index contributed by atoms with van der Waals surface area (Å²) in [5, 5.41) is 3.30. The average molecular weight is 288 g/mol. The molecule has 3 N–H and O–H groups in total. The molecule has 0 spiro atoms. The lowest BCUT2D eigenvalue weighted by atomic mass is 10.1. The molecule has 0 bridgehead atoms. The van der Waals surface area contributed by atoms with Crippen LogP contribution in [0, 0.1) is 5.92 Å². The highest BCUT2D eigenvalue weighted by Gasteiger charge is 2.29. The molecule has 1 aliphatic heterocycles. The van der Waals surface area contributed by atoms with E-state index in [-0.39, 0.29) is 11.8 Å². The van der Waals surface area contributed by atoms with Crippen LogP contribution in [0.2, 0.25) is 0 Å². The van der Waals surface area contributed by atoms with Gasteiger partial charge in [0.15, 0.2) is 11.5 Å². The van der Waals surface area contributed by atoms with E-state index in [1.807, 2.05) is 16.8 Å². The van der Waals surface area contributed by atoms with Gasteiger partial charge in [0.1, 0.15) is 5.82 Å². The Hall–Kier alpha value is -2.31. The largest absolute Gasteiger partial charge is 0.369 e. The summed E-state index contributed by atoms with van der Waals surface area (Å²) in [5.74, 6) is 1.29. The van der Waals surface area contributed by atoms with Gasteiger partial charge in [-0.2, -0.15) is 0 Å². The number of nitrogens with zero attached hydrogens (tertiary/aromatic N) is 4. The highest BCUT2D eigenvalue weighted by molar-refractivity contribution is 5.79. The molecule has 1 amide bonds. The Morgan fingerprint density at radius 3 is 3.14 bits per heavy atom. The molecule has 3 rings (SSSR count). The van der Waals surface area contributed by atoms with E-state index in [1.165, 1.54) is 0 Å².